The van der Waals surface area contributed by atoms with Gasteiger partial charge in [-0.25, -0.2) is 4.39 Å². The van der Waals surface area contributed by atoms with E-state index in [-0.39, 0.29) is 5.82 Å². The molecule has 0 amide bonds. The fraction of sp³-hybridized carbons (Fsp3) is 0. The molecule has 0 bridgehead atoms. The number of hydrogen-bond donors (Lipinski definition) is 0. The summed E-state index contributed by atoms with van der Waals surface area (Å²) in [6.45, 7) is 0. The highest BCUT2D eigenvalue weighted by Gasteiger charge is 2.10. The molecule has 0 saturated heterocycles. The van der Waals surface area contributed by atoms with Crippen molar-refractivity contribution in [3.63, 3.8) is 0 Å². The normalized spacial score (nSPS) is 10.7. The monoisotopic (exact) mass is 402 g/mol. The molecule has 0 radical (unpaired) electrons. The Bertz CT molecular complexity index is 1030. The Hall–Kier alpha value is -2.71. The number of halogens is 2. The lowest BCUT2D eigenvalue weighted by atomic mass is 9.96. The molecule has 4 aromatic rings. The zero-order valence-electron chi connectivity index (χ0n) is 14.0. The quantitative estimate of drug-likeness (QED) is 0.331. The lowest BCUT2D eigenvalue weighted by Crippen LogP contribution is -1.87. The second-order valence-electron chi connectivity index (χ2n) is 6.12. The van der Waals surface area contributed by atoms with E-state index in [2.05, 4.69) is 58.4 Å². The van der Waals surface area contributed by atoms with Crippen LogP contribution in [0, 0.1) is 5.82 Å². The second-order valence-corrected chi connectivity index (χ2v) is 6.98. The van der Waals surface area contributed by atoms with E-state index < -0.39 is 0 Å². The van der Waals surface area contributed by atoms with Crippen molar-refractivity contribution >= 4 is 15.9 Å². The van der Waals surface area contributed by atoms with Crippen LogP contribution in [0.15, 0.2) is 102 Å². The molecule has 0 spiro atoms. The van der Waals surface area contributed by atoms with E-state index in [1.54, 1.807) is 6.07 Å². The first-order chi connectivity index (χ1) is 12.7. The van der Waals surface area contributed by atoms with Crippen molar-refractivity contribution in [2.75, 3.05) is 0 Å². The third-order valence-electron chi connectivity index (χ3n) is 4.42. The van der Waals surface area contributed by atoms with Gasteiger partial charge < -0.3 is 0 Å². The summed E-state index contributed by atoms with van der Waals surface area (Å²) in [5.74, 6) is -0.227. The highest BCUT2D eigenvalue weighted by Crippen LogP contribution is 2.34. The SMILES string of the molecule is Fc1cccc(Br)c1-c1cccc(-c2cccc(-c3ccccc3)c2)c1. The van der Waals surface area contributed by atoms with Crippen molar-refractivity contribution < 1.29 is 4.39 Å². The minimum Gasteiger partial charge on any atom is -0.206 e. The van der Waals surface area contributed by atoms with Crippen LogP contribution >= 0.6 is 15.9 Å². The van der Waals surface area contributed by atoms with Crippen LogP contribution < -0.4 is 0 Å². The van der Waals surface area contributed by atoms with Gasteiger partial charge in [0.2, 0.25) is 0 Å². The summed E-state index contributed by atoms with van der Waals surface area (Å²) >= 11 is 3.47. The van der Waals surface area contributed by atoms with Gasteiger partial charge in [0.1, 0.15) is 5.82 Å². The highest BCUT2D eigenvalue weighted by atomic mass is 79.9. The lowest BCUT2D eigenvalue weighted by molar-refractivity contribution is 0.630. The molecule has 0 unspecified atom stereocenters. The summed E-state index contributed by atoms with van der Waals surface area (Å²) in [6, 6.07) is 31.8. The van der Waals surface area contributed by atoms with E-state index in [1.807, 2.05) is 42.5 Å². The van der Waals surface area contributed by atoms with Crippen LogP contribution in [0.1, 0.15) is 0 Å². The minimum absolute atomic E-state index is 0.227. The van der Waals surface area contributed by atoms with Gasteiger partial charge in [0.15, 0.2) is 0 Å². The Morgan fingerprint density at radius 1 is 0.500 bits per heavy atom. The summed E-state index contributed by atoms with van der Waals surface area (Å²) in [6.07, 6.45) is 0. The van der Waals surface area contributed by atoms with Crippen molar-refractivity contribution in [3.05, 3.63) is 107 Å². The van der Waals surface area contributed by atoms with E-state index >= 15 is 0 Å². The predicted molar refractivity (Wildman–Crippen MR) is 110 cm³/mol. The summed E-state index contributed by atoms with van der Waals surface area (Å²) in [4.78, 5) is 0. The summed E-state index contributed by atoms with van der Waals surface area (Å²) in [5.41, 5.74) is 5.98. The average Bonchev–Trinajstić information content (AvgIpc) is 2.69. The Kier molecular flexibility index (Phi) is 4.68. The molecular weight excluding hydrogens is 387 g/mol. The van der Waals surface area contributed by atoms with Gasteiger partial charge in [0.05, 0.1) is 0 Å². The maximum Gasteiger partial charge on any atom is 0.132 e. The third-order valence-corrected chi connectivity index (χ3v) is 5.08. The molecule has 2 heteroatoms. The van der Waals surface area contributed by atoms with E-state index in [4.69, 9.17) is 0 Å². The van der Waals surface area contributed by atoms with E-state index in [9.17, 15) is 4.39 Å². The van der Waals surface area contributed by atoms with Gasteiger partial charge in [0, 0.05) is 10.0 Å². The highest BCUT2D eigenvalue weighted by molar-refractivity contribution is 9.10. The largest absolute Gasteiger partial charge is 0.206 e. The predicted octanol–water partition coefficient (Wildman–Crippen LogP) is 7.59. The molecule has 0 aliphatic rings. The molecule has 126 valence electrons. The summed E-state index contributed by atoms with van der Waals surface area (Å²) in [7, 11) is 0. The van der Waals surface area contributed by atoms with Crippen LogP contribution in [-0.4, -0.2) is 0 Å². The molecule has 4 aromatic carbocycles. The zero-order valence-corrected chi connectivity index (χ0v) is 15.6. The van der Waals surface area contributed by atoms with E-state index in [0.717, 1.165) is 21.2 Å². The standard InChI is InChI=1S/C24H16BrF/c25-22-13-6-14-23(26)24(22)21-12-5-11-20(16-21)19-10-4-9-18(15-19)17-7-2-1-3-8-17/h1-16H. The Balaban J connectivity index is 1.78. The van der Waals surface area contributed by atoms with Crippen LogP contribution in [0.4, 0.5) is 4.39 Å². The van der Waals surface area contributed by atoms with Gasteiger partial charge in [-0.05, 0) is 52.1 Å². The van der Waals surface area contributed by atoms with Crippen molar-refractivity contribution in [3.8, 4) is 33.4 Å². The molecule has 4 rings (SSSR count). The van der Waals surface area contributed by atoms with E-state index in [1.165, 1.54) is 17.2 Å². The molecule has 0 aromatic heterocycles. The van der Waals surface area contributed by atoms with Gasteiger partial charge in [-0.1, -0.05) is 88.7 Å². The third kappa shape index (κ3) is 3.33. The molecule has 26 heavy (non-hydrogen) atoms. The maximum atomic E-state index is 14.3. The molecule has 0 heterocycles. The van der Waals surface area contributed by atoms with Gasteiger partial charge in [-0.3, -0.25) is 0 Å². The molecule has 0 N–H and O–H groups in total. The number of benzene rings is 4. The van der Waals surface area contributed by atoms with Crippen molar-refractivity contribution in [2.45, 2.75) is 0 Å². The zero-order chi connectivity index (χ0) is 17.9. The fourth-order valence-electron chi connectivity index (χ4n) is 3.14. The molecular formula is C24H16BrF. The Morgan fingerprint density at radius 2 is 1.00 bits per heavy atom. The molecule has 0 nitrogen and oxygen atoms in total. The first-order valence-electron chi connectivity index (χ1n) is 8.43. The number of rotatable bonds is 3. The first kappa shape index (κ1) is 16.7. The Morgan fingerprint density at radius 3 is 1.65 bits per heavy atom. The summed E-state index contributed by atoms with van der Waals surface area (Å²) in [5, 5.41) is 0. The van der Waals surface area contributed by atoms with Gasteiger partial charge in [0.25, 0.3) is 0 Å². The molecule has 0 atom stereocenters. The average molecular weight is 403 g/mol. The van der Waals surface area contributed by atoms with Crippen molar-refractivity contribution in [1.29, 1.82) is 0 Å². The fourth-order valence-corrected chi connectivity index (χ4v) is 3.71. The molecule has 0 aliphatic carbocycles. The lowest BCUT2D eigenvalue weighted by Gasteiger charge is -2.10. The minimum atomic E-state index is -0.227. The Labute approximate surface area is 161 Å². The van der Waals surface area contributed by atoms with Crippen LogP contribution in [0.2, 0.25) is 0 Å². The first-order valence-corrected chi connectivity index (χ1v) is 9.22. The summed E-state index contributed by atoms with van der Waals surface area (Å²) < 4.78 is 15.1. The topological polar surface area (TPSA) is 0 Å². The van der Waals surface area contributed by atoms with Crippen molar-refractivity contribution in [1.82, 2.24) is 0 Å². The van der Waals surface area contributed by atoms with Crippen LogP contribution in [0.3, 0.4) is 0 Å². The van der Waals surface area contributed by atoms with E-state index in [0.29, 0.717) is 5.56 Å². The maximum absolute atomic E-state index is 14.3. The second kappa shape index (κ2) is 7.27. The smallest absolute Gasteiger partial charge is 0.132 e. The molecule has 0 aliphatic heterocycles. The van der Waals surface area contributed by atoms with Crippen LogP contribution in [0.25, 0.3) is 33.4 Å². The number of hydrogen-bond acceptors (Lipinski definition) is 0. The van der Waals surface area contributed by atoms with Gasteiger partial charge in [-0.2, -0.15) is 0 Å². The molecule has 0 fully saturated rings. The van der Waals surface area contributed by atoms with Crippen LogP contribution in [-0.2, 0) is 0 Å². The van der Waals surface area contributed by atoms with Gasteiger partial charge in [-0.15, -0.1) is 0 Å². The molecule has 0 saturated carbocycles. The van der Waals surface area contributed by atoms with Gasteiger partial charge >= 0.3 is 0 Å². The van der Waals surface area contributed by atoms with Crippen molar-refractivity contribution in [2.24, 2.45) is 0 Å². The van der Waals surface area contributed by atoms with Crippen LogP contribution in [0.5, 0.6) is 0 Å².